The maximum atomic E-state index is 12.6. The number of nitrogens with zero attached hydrogens (tertiary/aromatic N) is 3. The quantitative estimate of drug-likeness (QED) is 0.740. The Balaban J connectivity index is 1.97. The number of likely N-dealkylation sites (N-methyl/N-ethyl adjacent to an activating group) is 1. The smallest absolute Gasteiger partial charge is 0.237 e. The Morgan fingerprint density at radius 1 is 1.24 bits per heavy atom. The van der Waals surface area contributed by atoms with Crippen LogP contribution in [0.4, 0.5) is 0 Å². The van der Waals surface area contributed by atoms with Crippen molar-refractivity contribution in [2.75, 3.05) is 20.1 Å². The Hall–Kier alpha value is -2.58. The van der Waals surface area contributed by atoms with E-state index >= 15 is 0 Å². The monoisotopic (exact) mass is 339 g/mol. The minimum Gasteiger partial charge on any atom is -0.467 e. The van der Waals surface area contributed by atoms with Gasteiger partial charge in [-0.2, -0.15) is 5.26 Å². The van der Waals surface area contributed by atoms with Gasteiger partial charge in [-0.05, 0) is 44.2 Å². The van der Waals surface area contributed by atoms with Crippen molar-refractivity contribution in [1.29, 1.82) is 5.26 Å². The van der Waals surface area contributed by atoms with E-state index in [1.54, 1.807) is 17.2 Å². The van der Waals surface area contributed by atoms with Crippen LogP contribution in [0.15, 0.2) is 41.0 Å². The molecule has 2 aromatic rings. The van der Waals surface area contributed by atoms with E-state index in [2.05, 4.69) is 38.1 Å². The van der Waals surface area contributed by atoms with Gasteiger partial charge in [0, 0.05) is 13.1 Å². The number of benzene rings is 1. The molecule has 132 valence electrons. The zero-order chi connectivity index (χ0) is 18.2. The third kappa shape index (κ3) is 5.77. The van der Waals surface area contributed by atoms with Gasteiger partial charge in [0.15, 0.2) is 0 Å². The van der Waals surface area contributed by atoms with Gasteiger partial charge >= 0.3 is 0 Å². The number of furan rings is 1. The number of nitriles is 1. The Labute approximate surface area is 149 Å². The van der Waals surface area contributed by atoms with E-state index in [4.69, 9.17) is 9.68 Å². The molecule has 25 heavy (non-hydrogen) atoms. The van der Waals surface area contributed by atoms with Crippen molar-refractivity contribution in [3.05, 3.63) is 59.0 Å². The van der Waals surface area contributed by atoms with Crippen molar-refractivity contribution in [2.45, 2.75) is 33.4 Å². The van der Waals surface area contributed by atoms with Gasteiger partial charge in [0.05, 0.1) is 31.8 Å². The maximum Gasteiger partial charge on any atom is 0.237 e. The molecule has 0 atom stereocenters. The summed E-state index contributed by atoms with van der Waals surface area (Å²) in [6, 6.07) is 12.1. The third-order valence-electron chi connectivity index (χ3n) is 4.12. The summed E-state index contributed by atoms with van der Waals surface area (Å²) in [5.74, 6) is 0.724. The predicted molar refractivity (Wildman–Crippen MR) is 96.6 cm³/mol. The topological polar surface area (TPSA) is 60.5 Å². The molecule has 0 saturated carbocycles. The molecule has 1 heterocycles. The highest BCUT2D eigenvalue weighted by Crippen LogP contribution is 2.13. The SMILES string of the molecule is Cc1ccc(CN(C)CC(=O)N(CCC#N)Cc2ccco2)c(C)c1. The largest absolute Gasteiger partial charge is 0.467 e. The molecular formula is C20H25N3O2. The summed E-state index contributed by atoms with van der Waals surface area (Å²) >= 11 is 0. The lowest BCUT2D eigenvalue weighted by atomic mass is 10.1. The van der Waals surface area contributed by atoms with Crippen molar-refractivity contribution in [2.24, 2.45) is 0 Å². The summed E-state index contributed by atoms with van der Waals surface area (Å²) < 4.78 is 5.33. The number of hydrogen-bond acceptors (Lipinski definition) is 4. The molecule has 1 amide bonds. The van der Waals surface area contributed by atoms with Gasteiger partial charge in [-0.1, -0.05) is 23.8 Å². The second kappa shape index (κ2) is 9.05. The average Bonchev–Trinajstić information content (AvgIpc) is 3.07. The van der Waals surface area contributed by atoms with Gasteiger partial charge in [0.1, 0.15) is 5.76 Å². The standard InChI is InChI=1S/C20H25N3O2/c1-16-7-8-18(17(2)12-16)13-22(3)15-20(24)23(10-5-9-21)14-19-6-4-11-25-19/h4,6-8,11-12H,5,10,13-15H2,1-3H3. The molecule has 0 saturated heterocycles. The Kier molecular flexibility index (Phi) is 6.79. The highest BCUT2D eigenvalue weighted by Gasteiger charge is 2.17. The lowest BCUT2D eigenvalue weighted by molar-refractivity contribution is -0.133. The Morgan fingerprint density at radius 2 is 2.04 bits per heavy atom. The fraction of sp³-hybridized carbons (Fsp3) is 0.400. The zero-order valence-electron chi connectivity index (χ0n) is 15.2. The molecule has 0 bridgehead atoms. The fourth-order valence-electron chi connectivity index (χ4n) is 2.77. The van der Waals surface area contributed by atoms with Gasteiger partial charge < -0.3 is 9.32 Å². The molecule has 0 radical (unpaired) electrons. The van der Waals surface area contributed by atoms with E-state index in [1.165, 1.54) is 16.7 Å². The third-order valence-corrected chi connectivity index (χ3v) is 4.12. The van der Waals surface area contributed by atoms with E-state index in [9.17, 15) is 4.79 Å². The van der Waals surface area contributed by atoms with Crippen LogP contribution in [-0.4, -0.2) is 35.8 Å². The molecule has 0 fully saturated rings. The first-order valence-corrected chi connectivity index (χ1v) is 8.41. The first-order valence-electron chi connectivity index (χ1n) is 8.41. The number of aryl methyl sites for hydroxylation is 2. The van der Waals surface area contributed by atoms with E-state index < -0.39 is 0 Å². The molecule has 5 heteroatoms. The molecule has 1 aromatic heterocycles. The molecule has 2 rings (SSSR count). The van der Waals surface area contributed by atoms with Gasteiger partial charge in [0.25, 0.3) is 0 Å². The Morgan fingerprint density at radius 3 is 2.68 bits per heavy atom. The Bertz CT molecular complexity index is 732. The van der Waals surface area contributed by atoms with Crippen molar-refractivity contribution < 1.29 is 9.21 Å². The number of amides is 1. The highest BCUT2D eigenvalue weighted by molar-refractivity contribution is 5.78. The van der Waals surface area contributed by atoms with E-state index in [0.717, 1.165) is 5.76 Å². The number of carbonyl (C=O) groups is 1. The van der Waals surface area contributed by atoms with Crippen LogP contribution in [0.25, 0.3) is 0 Å². The van der Waals surface area contributed by atoms with Crippen LogP contribution in [0.3, 0.4) is 0 Å². The minimum atomic E-state index is -0.00100. The average molecular weight is 339 g/mol. The highest BCUT2D eigenvalue weighted by atomic mass is 16.3. The summed E-state index contributed by atoms with van der Waals surface area (Å²) in [4.78, 5) is 16.3. The van der Waals surface area contributed by atoms with Gasteiger partial charge in [0.2, 0.25) is 5.91 Å². The van der Waals surface area contributed by atoms with E-state index in [0.29, 0.717) is 32.6 Å². The van der Waals surface area contributed by atoms with E-state index in [-0.39, 0.29) is 5.91 Å². The molecular weight excluding hydrogens is 314 g/mol. The molecule has 0 N–H and O–H groups in total. The normalized spacial score (nSPS) is 10.7. The molecule has 0 aliphatic rings. The van der Waals surface area contributed by atoms with Crippen LogP contribution in [0.2, 0.25) is 0 Å². The number of rotatable bonds is 8. The summed E-state index contributed by atoms with van der Waals surface area (Å²) in [7, 11) is 1.94. The number of hydrogen-bond donors (Lipinski definition) is 0. The molecule has 0 unspecified atom stereocenters. The minimum absolute atomic E-state index is 0.00100. The summed E-state index contributed by atoms with van der Waals surface area (Å²) in [5, 5.41) is 8.83. The lowest BCUT2D eigenvalue weighted by Crippen LogP contribution is -2.39. The van der Waals surface area contributed by atoms with Crippen LogP contribution in [0.1, 0.15) is 28.9 Å². The van der Waals surface area contributed by atoms with Crippen LogP contribution in [0.5, 0.6) is 0 Å². The van der Waals surface area contributed by atoms with Gasteiger partial charge in [-0.15, -0.1) is 0 Å². The zero-order valence-corrected chi connectivity index (χ0v) is 15.2. The second-order valence-corrected chi connectivity index (χ2v) is 6.41. The first kappa shape index (κ1) is 18.8. The van der Waals surface area contributed by atoms with Crippen LogP contribution in [0, 0.1) is 25.2 Å². The van der Waals surface area contributed by atoms with E-state index in [1.807, 2.05) is 18.0 Å². The van der Waals surface area contributed by atoms with Crippen LogP contribution >= 0.6 is 0 Å². The molecule has 5 nitrogen and oxygen atoms in total. The van der Waals surface area contributed by atoms with Crippen molar-refractivity contribution in [3.8, 4) is 6.07 Å². The molecule has 1 aromatic carbocycles. The lowest BCUT2D eigenvalue weighted by Gasteiger charge is -2.24. The molecule has 0 aliphatic heterocycles. The van der Waals surface area contributed by atoms with Crippen LogP contribution < -0.4 is 0 Å². The maximum absolute atomic E-state index is 12.6. The van der Waals surface area contributed by atoms with Crippen molar-refractivity contribution in [1.82, 2.24) is 9.80 Å². The number of carbonyl (C=O) groups excluding carboxylic acids is 1. The molecule has 0 aliphatic carbocycles. The first-order chi connectivity index (χ1) is 12.0. The predicted octanol–water partition coefficient (Wildman–Crippen LogP) is 3.27. The fourth-order valence-corrected chi connectivity index (χ4v) is 2.77. The van der Waals surface area contributed by atoms with Crippen molar-refractivity contribution in [3.63, 3.8) is 0 Å². The summed E-state index contributed by atoms with van der Waals surface area (Å²) in [5.41, 5.74) is 3.69. The van der Waals surface area contributed by atoms with Gasteiger partial charge in [-0.25, -0.2) is 0 Å². The molecule has 0 spiro atoms. The second-order valence-electron chi connectivity index (χ2n) is 6.41. The van der Waals surface area contributed by atoms with Crippen molar-refractivity contribution >= 4 is 5.91 Å². The van der Waals surface area contributed by atoms with Crippen LogP contribution in [-0.2, 0) is 17.9 Å². The summed E-state index contributed by atoms with van der Waals surface area (Å²) in [6.45, 7) is 5.99. The van der Waals surface area contributed by atoms with Gasteiger partial charge in [-0.3, -0.25) is 9.69 Å². The summed E-state index contributed by atoms with van der Waals surface area (Å²) in [6.07, 6.45) is 1.90.